The van der Waals surface area contributed by atoms with Crippen molar-refractivity contribution in [3.63, 3.8) is 0 Å². The maximum absolute atomic E-state index is 11.7. The van der Waals surface area contributed by atoms with E-state index in [0.717, 1.165) is 12.8 Å². The van der Waals surface area contributed by atoms with Gasteiger partial charge in [0.25, 0.3) is 0 Å². The van der Waals surface area contributed by atoms with Crippen LogP contribution >= 0.6 is 0 Å². The molecule has 0 fully saturated rings. The second kappa shape index (κ2) is 6.54. The number of hydrogen-bond acceptors (Lipinski definition) is 3. The van der Waals surface area contributed by atoms with Crippen molar-refractivity contribution in [3.05, 3.63) is 11.9 Å². The molecule has 1 rings (SSSR count). The molecule has 1 aromatic rings. The Morgan fingerprint density at radius 2 is 1.95 bits per heavy atom. The SMILES string of the molecule is Cc1nn(C)cc1NC(=O)C(=O)NCCCC(C)(C)C. The van der Waals surface area contributed by atoms with Crippen LogP contribution in [0.2, 0.25) is 0 Å². The summed E-state index contributed by atoms with van der Waals surface area (Å²) in [6.07, 6.45) is 3.52. The van der Waals surface area contributed by atoms with Crippen molar-refractivity contribution in [2.24, 2.45) is 12.5 Å². The highest BCUT2D eigenvalue weighted by Gasteiger charge is 2.16. The van der Waals surface area contributed by atoms with E-state index >= 15 is 0 Å². The Hall–Kier alpha value is -1.85. The molecule has 0 aromatic carbocycles. The summed E-state index contributed by atoms with van der Waals surface area (Å²) in [5.74, 6) is -1.26. The molecular weight excluding hydrogens is 256 g/mol. The Bertz CT molecular complexity index is 486. The van der Waals surface area contributed by atoms with Gasteiger partial charge < -0.3 is 10.6 Å². The van der Waals surface area contributed by atoms with E-state index in [0.29, 0.717) is 17.9 Å². The normalized spacial score (nSPS) is 11.2. The maximum atomic E-state index is 11.7. The van der Waals surface area contributed by atoms with E-state index in [-0.39, 0.29) is 5.41 Å². The highest BCUT2D eigenvalue weighted by molar-refractivity contribution is 6.39. The Kier molecular flexibility index (Phi) is 5.30. The lowest BCUT2D eigenvalue weighted by atomic mass is 9.91. The predicted octanol–water partition coefficient (Wildman–Crippen LogP) is 1.61. The van der Waals surface area contributed by atoms with Crippen molar-refractivity contribution in [3.8, 4) is 0 Å². The number of hydrogen-bond donors (Lipinski definition) is 2. The molecule has 0 atom stereocenters. The predicted molar refractivity (Wildman–Crippen MR) is 78.3 cm³/mol. The number of carbonyl (C=O) groups excluding carboxylic acids is 2. The van der Waals surface area contributed by atoms with Crippen molar-refractivity contribution in [1.29, 1.82) is 0 Å². The number of aryl methyl sites for hydroxylation is 2. The Balaban J connectivity index is 2.37. The molecule has 0 bridgehead atoms. The van der Waals surface area contributed by atoms with Gasteiger partial charge in [0.2, 0.25) is 0 Å². The summed E-state index contributed by atoms with van der Waals surface area (Å²) in [5, 5.41) is 9.27. The average Bonchev–Trinajstić information content (AvgIpc) is 2.61. The first-order valence-electron chi connectivity index (χ1n) is 6.78. The average molecular weight is 280 g/mol. The monoisotopic (exact) mass is 280 g/mol. The standard InChI is InChI=1S/C14H24N4O2/c1-10-11(9-18(5)17-10)16-13(20)12(19)15-8-6-7-14(2,3)4/h9H,6-8H2,1-5H3,(H,15,19)(H,16,20). The highest BCUT2D eigenvalue weighted by atomic mass is 16.2. The van der Waals surface area contributed by atoms with Gasteiger partial charge in [-0.05, 0) is 25.2 Å². The van der Waals surface area contributed by atoms with Crippen molar-refractivity contribution >= 4 is 17.5 Å². The summed E-state index contributed by atoms with van der Waals surface area (Å²) in [6, 6.07) is 0. The number of anilines is 1. The van der Waals surface area contributed by atoms with E-state index in [9.17, 15) is 9.59 Å². The summed E-state index contributed by atoms with van der Waals surface area (Å²) >= 11 is 0. The van der Waals surface area contributed by atoms with Crippen LogP contribution in [0.15, 0.2) is 6.20 Å². The molecule has 0 saturated carbocycles. The minimum atomic E-state index is -0.656. The van der Waals surface area contributed by atoms with Crippen LogP contribution in [0.3, 0.4) is 0 Å². The second-order valence-corrected chi connectivity index (χ2v) is 6.18. The number of nitrogens with zero attached hydrogens (tertiary/aromatic N) is 2. The number of rotatable bonds is 4. The van der Waals surface area contributed by atoms with Gasteiger partial charge in [-0.2, -0.15) is 5.10 Å². The van der Waals surface area contributed by atoms with Gasteiger partial charge >= 0.3 is 11.8 Å². The molecular formula is C14H24N4O2. The van der Waals surface area contributed by atoms with Gasteiger partial charge in [-0.1, -0.05) is 20.8 Å². The summed E-state index contributed by atoms with van der Waals surface area (Å²) < 4.78 is 1.59. The molecule has 0 spiro atoms. The van der Waals surface area contributed by atoms with Gasteiger partial charge in [0.05, 0.1) is 11.4 Å². The summed E-state index contributed by atoms with van der Waals surface area (Å²) in [5.41, 5.74) is 1.48. The highest BCUT2D eigenvalue weighted by Crippen LogP contribution is 2.19. The minimum Gasteiger partial charge on any atom is -0.348 e. The number of carbonyl (C=O) groups is 2. The lowest BCUT2D eigenvalue weighted by Crippen LogP contribution is -2.36. The van der Waals surface area contributed by atoms with E-state index in [2.05, 4.69) is 36.5 Å². The first-order valence-corrected chi connectivity index (χ1v) is 6.78. The molecule has 1 heterocycles. The van der Waals surface area contributed by atoms with E-state index in [1.807, 2.05) is 0 Å². The zero-order valence-electron chi connectivity index (χ0n) is 12.9. The molecule has 6 nitrogen and oxygen atoms in total. The van der Waals surface area contributed by atoms with Gasteiger partial charge in [-0.3, -0.25) is 14.3 Å². The quantitative estimate of drug-likeness (QED) is 0.650. The van der Waals surface area contributed by atoms with Crippen LogP contribution in [0.1, 0.15) is 39.3 Å². The summed E-state index contributed by atoms with van der Waals surface area (Å²) in [4.78, 5) is 23.3. The molecule has 20 heavy (non-hydrogen) atoms. The maximum Gasteiger partial charge on any atom is 0.313 e. The van der Waals surface area contributed by atoms with Gasteiger partial charge in [0.15, 0.2) is 0 Å². The van der Waals surface area contributed by atoms with Crippen LogP contribution in [0.4, 0.5) is 5.69 Å². The Morgan fingerprint density at radius 3 is 2.45 bits per heavy atom. The van der Waals surface area contributed by atoms with Gasteiger partial charge in [-0.25, -0.2) is 0 Å². The second-order valence-electron chi connectivity index (χ2n) is 6.18. The summed E-state index contributed by atoms with van der Waals surface area (Å²) in [7, 11) is 1.76. The largest absolute Gasteiger partial charge is 0.348 e. The van der Waals surface area contributed by atoms with Crippen molar-refractivity contribution in [2.75, 3.05) is 11.9 Å². The fraction of sp³-hybridized carbons (Fsp3) is 0.643. The van der Waals surface area contributed by atoms with E-state index in [1.54, 1.807) is 24.9 Å². The third kappa shape index (κ3) is 5.42. The zero-order valence-corrected chi connectivity index (χ0v) is 12.9. The lowest BCUT2D eigenvalue weighted by Gasteiger charge is -2.17. The van der Waals surface area contributed by atoms with Crippen molar-refractivity contribution in [2.45, 2.75) is 40.5 Å². The molecule has 0 unspecified atom stereocenters. The summed E-state index contributed by atoms with van der Waals surface area (Å²) in [6.45, 7) is 8.72. The smallest absolute Gasteiger partial charge is 0.313 e. The molecule has 112 valence electrons. The molecule has 0 radical (unpaired) electrons. The van der Waals surface area contributed by atoms with Gasteiger partial charge in [0, 0.05) is 19.8 Å². The first kappa shape index (κ1) is 16.2. The minimum absolute atomic E-state index is 0.236. The number of nitrogens with one attached hydrogen (secondary N) is 2. The molecule has 0 aliphatic carbocycles. The fourth-order valence-electron chi connectivity index (χ4n) is 1.80. The Morgan fingerprint density at radius 1 is 1.30 bits per heavy atom. The van der Waals surface area contributed by atoms with Crippen LogP contribution < -0.4 is 10.6 Å². The van der Waals surface area contributed by atoms with Gasteiger partial charge in [0.1, 0.15) is 0 Å². The zero-order chi connectivity index (χ0) is 15.3. The van der Waals surface area contributed by atoms with Crippen LogP contribution in [0.25, 0.3) is 0 Å². The molecule has 1 aromatic heterocycles. The third-order valence-corrected chi connectivity index (χ3v) is 2.86. The number of aromatic nitrogens is 2. The van der Waals surface area contributed by atoms with Crippen molar-refractivity contribution in [1.82, 2.24) is 15.1 Å². The van der Waals surface area contributed by atoms with Crippen LogP contribution in [0.5, 0.6) is 0 Å². The topological polar surface area (TPSA) is 76.0 Å². The molecule has 0 saturated heterocycles. The van der Waals surface area contributed by atoms with E-state index in [4.69, 9.17) is 0 Å². The fourth-order valence-corrected chi connectivity index (χ4v) is 1.80. The molecule has 2 amide bonds. The number of amides is 2. The van der Waals surface area contributed by atoms with Crippen molar-refractivity contribution < 1.29 is 9.59 Å². The van der Waals surface area contributed by atoms with E-state index < -0.39 is 11.8 Å². The van der Waals surface area contributed by atoms with Crippen LogP contribution in [-0.4, -0.2) is 28.1 Å². The molecule has 0 aliphatic rings. The first-order chi connectivity index (χ1) is 9.19. The van der Waals surface area contributed by atoms with Crippen LogP contribution in [0, 0.1) is 12.3 Å². The van der Waals surface area contributed by atoms with E-state index in [1.165, 1.54) is 0 Å². The lowest BCUT2D eigenvalue weighted by molar-refractivity contribution is -0.136. The molecule has 6 heteroatoms. The Labute approximate surface area is 119 Å². The van der Waals surface area contributed by atoms with Crippen LogP contribution in [-0.2, 0) is 16.6 Å². The third-order valence-electron chi connectivity index (χ3n) is 2.86. The van der Waals surface area contributed by atoms with Gasteiger partial charge in [-0.15, -0.1) is 0 Å². The molecule has 2 N–H and O–H groups in total. The molecule has 0 aliphatic heterocycles.